The number of furan rings is 1. The summed E-state index contributed by atoms with van der Waals surface area (Å²) in [6, 6.07) is 3.40. The number of hydrogen-bond donors (Lipinski definition) is 1. The van der Waals surface area contributed by atoms with Gasteiger partial charge in [0.1, 0.15) is 11.5 Å². The zero-order valence-corrected chi connectivity index (χ0v) is 14.6. The van der Waals surface area contributed by atoms with Crippen molar-refractivity contribution in [3.8, 4) is 0 Å². The van der Waals surface area contributed by atoms with Gasteiger partial charge in [-0.3, -0.25) is 0 Å². The second-order valence-corrected chi connectivity index (χ2v) is 5.47. The van der Waals surface area contributed by atoms with Crippen LogP contribution in [0.25, 0.3) is 11.0 Å². The van der Waals surface area contributed by atoms with Crippen molar-refractivity contribution in [1.29, 1.82) is 0 Å². The van der Waals surface area contributed by atoms with Crippen molar-refractivity contribution < 1.29 is 23.5 Å². The Labute approximate surface area is 144 Å². The third-order valence-corrected chi connectivity index (χ3v) is 3.78. The van der Waals surface area contributed by atoms with Crippen LogP contribution in [0.2, 0.25) is 5.02 Å². The van der Waals surface area contributed by atoms with Gasteiger partial charge in [-0.15, -0.1) is 0 Å². The van der Waals surface area contributed by atoms with Gasteiger partial charge in [0.25, 0.3) is 0 Å². The SMILES string of the molecule is CCc1oc2c(N/C(=C/C(=O)OC)C(=O)OC)cc(Cl)cc2c1C. The predicted octanol–water partition coefficient (Wildman–Crippen LogP) is 3.60. The zero-order valence-electron chi connectivity index (χ0n) is 13.9. The van der Waals surface area contributed by atoms with E-state index in [0.717, 1.165) is 29.2 Å². The Balaban J connectivity index is 2.56. The molecule has 6 nitrogen and oxygen atoms in total. The maximum Gasteiger partial charge on any atom is 0.354 e. The maximum atomic E-state index is 11.9. The van der Waals surface area contributed by atoms with Crippen LogP contribution in [-0.2, 0) is 25.5 Å². The number of aryl methyl sites for hydroxylation is 2. The topological polar surface area (TPSA) is 77.8 Å². The number of halogens is 1. The molecule has 0 aliphatic carbocycles. The third kappa shape index (κ3) is 3.54. The third-order valence-electron chi connectivity index (χ3n) is 3.56. The van der Waals surface area contributed by atoms with Gasteiger partial charge >= 0.3 is 11.9 Å². The van der Waals surface area contributed by atoms with E-state index in [1.165, 1.54) is 14.2 Å². The predicted molar refractivity (Wildman–Crippen MR) is 91.1 cm³/mol. The van der Waals surface area contributed by atoms with Gasteiger partial charge in [0.15, 0.2) is 5.58 Å². The molecule has 0 spiro atoms. The molecule has 0 aliphatic heterocycles. The number of methoxy groups -OCH3 is 2. The van der Waals surface area contributed by atoms with Crippen LogP contribution in [0.5, 0.6) is 0 Å². The normalized spacial score (nSPS) is 11.5. The lowest BCUT2D eigenvalue weighted by atomic mass is 10.1. The number of benzene rings is 1. The minimum atomic E-state index is -0.715. The first-order chi connectivity index (χ1) is 11.4. The number of nitrogens with one attached hydrogen (secondary N) is 1. The molecule has 0 radical (unpaired) electrons. The van der Waals surface area contributed by atoms with Crippen LogP contribution in [0.1, 0.15) is 18.2 Å². The number of ether oxygens (including phenoxy) is 2. The van der Waals surface area contributed by atoms with Crippen molar-refractivity contribution >= 4 is 40.2 Å². The highest BCUT2D eigenvalue weighted by Crippen LogP contribution is 2.35. The van der Waals surface area contributed by atoms with E-state index in [-0.39, 0.29) is 5.70 Å². The summed E-state index contributed by atoms with van der Waals surface area (Å²) in [4.78, 5) is 23.4. The molecule has 7 heteroatoms. The van der Waals surface area contributed by atoms with Gasteiger partial charge < -0.3 is 19.2 Å². The van der Waals surface area contributed by atoms with Crippen LogP contribution >= 0.6 is 11.6 Å². The average molecular weight is 352 g/mol. The molecule has 0 aliphatic rings. The molecule has 2 rings (SSSR count). The van der Waals surface area contributed by atoms with Gasteiger partial charge in [0.2, 0.25) is 0 Å². The molecule has 24 heavy (non-hydrogen) atoms. The lowest BCUT2D eigenvalue weighted by Gasteiger charge is -2.10. The standard InChI is InChI=1S/C17H18ClNO5/c1-5-14-9(2)11-6-10(18)7-12(16(11)24-14)19-13(17(21)23-4)8-15(20)22-3/h6-8,19H,5H2,1-4H3/b13-8+. The molecule has 0 fully saturated rings. The summed E-state index contributed by atoms with van der Waals surface area (Å²) in [5.74, 6) is -0.578. The van der Waals surface area contributed by atoms with E-state index in [1.54, 1.807) is 12.1 Å². The minimum absolute atomic E-state index is 0.0833. The van der Waals surface area contributed by atoms with Gasteiger partial charge in [-0.1, -0.05) is 18.5 Å². The summed E-state index contributed by atoms with van der Waals surface area (Å²) in [6.07, 6.45) is 1.73. The first kappa shape index (κ1) is 17.9. The van der Waals surface area contributed by atoms with E-state index in [4.69, 9.17) is 16.0 Å². The molecule has 1 aromatic carbocycles. The molecule has 128 valence electrons. The molecule has 0 saturated heterocycles. The van der Waals surface area contributed by atoms with E-state index >= 15 is 0 Å². The van der Waals surface area contributed by atoms with Gasteiger partial charge in [0, 0.05) is 16.8 Å². The molecule has 0 saturated carbocycles. The van der Waals surface area contributed by atoms with E-state index < -0.39 is 11.9 Å². The molecular formula is C17H18ClNO5. The summed E-state index contributed by atoms with van der Waals surface area (Å²) in [5, 5.41) is 4.16. The van der Waals surface area contributed by atoms with Crippen molar-refractivity contribution in [2.45, 2.75) is 20.3 Å². The molecule has 1 heterocycles. The van der Waals surface area contributed by atoms with Gasteiger partial charge in [0.05, 0.1) is 26.0 Å². The zero-order chi connectivity index (χ0) is 17.9. The average Bonchev–Trinajstić information content (AvgIpc) is 2.89. The van der Waals surface area contributed by atoms with Crippen molar-refractivity contribution in [2.24, 2.45) is 0 Å². The molecule has 2 aromatic rings. The highest BCUT2D eigenvalue weighted by atomic mass is 35.5. The van der Waals surface area contributed by atoms with E-state index in [9.17, 15) is 9.59 Å². The summed E-state index contributed by atoms with van der Waals surface area (Å²) < 4.78 is 15.1. The maximum absolute atomic E-state index is 11.9. The van der Waals surface area contributed by atoms with Gasteiger partial charge in [-0.05, 0) is 24.6 Å². The summed E-state index contributed by atoms with van der Waals surface area (Å²) in [5.41, 5.74) is 1.91. The van der Waals surface area contributed by atoms with Crippen LogP contribution in [0, 0.1) is 6.92 Å². The Morgan fingerprint density at radius 2 is 2.00 bits per heavy atom. The van der Waals surface area contributed by atoms with Crippen LogP contribution in [0.15, 0.2) is 28.3 Å². The Kier molecular flexibility index (Phi) is 5.51. The van der Waals surface area contributed by atoms with E-state index in [2.05, 4.69) is 14.8 Å². The molecule has 1 aromatic heterocycles. The number of fused-ring (bicyclic) bond motifs is 1. The Hall–Kier alpha value is -2.47. The van der Waals surface area contributed by atoms with Gasteiger partial charge in [-0.2, -0.15) is 0 Å². The summed E-state index contributed by atoms with van der Waals surface area (Å²) >= 11 is 6.17. The smallest absolute Gasteiger partial charge is 0.354 e. The molecule has 0 unspecified atom stereocenters. The monoisotopic (exact) mass is 351 g/mol. The fourth-order valence-electron chi connectivity index (χ4n) is 2.34. The van der Waals surface area contributed by atoms with Crippen molar-refractivity contribution in [3.05, 3.63) is 40.3 Å². The fourth-order valence-corrected chi connectivity index (χ4v) is 2.56. The number of anilines is 1. The number of carbonyl (C=O) groups excluding carboxylic acids is 2. The molecular weight excluding hydrogens is 334 g/mol. The molecule has 0 amide bonds. The highest BCUT2D eigenvalue weighted by Gasteiger charge is 2.18. The van der Waals surface area contributed by atoms with Crippen LogP contribution < -0.4 is 5.32 Å². The highest BCUT2D eigenvalue weighted by molar-refractivity contribution is 6.32. The Bertz CT molecular complexity index is 822. The largest absolute Gasteiger partial charge is 0.466 e. The second-order valence-electron chi connectivity index (χ2n) is 5.03. The molecule has 0 bridgehead atoms. The molecule has 0 atom stereocenters. The van der Waals surface area contributed by atoms with E-state index in [1.807, 2.05) is 13.8 Å². The van der Waals surface area contributed by atoms with Gasteiger partial charge in [-0.25, -0.2) is 9.59 Å². The number of hydrogen-bond acceptors (Lipinski definition) is 6. The molecule has 1 N–H and O–H groups in total. The van der Waals surface area contributed by atoms with Crippen LogP contribution in [0.4, 0.5) is 5.69 Å². The Morgan fingerprint density at radius 3 is 2.58 bits per heavy atom. The van der Waals surface area contributed by atoms with Crippen LogP contribution in [0.3, 0.4) is 0 Å². The quantitative estimate of drug-likeness (QED) is 0.655. The van der Waals surface area contributed by atoms with Crippen molar-refractivity contribution in [2.75, 3.05) is 19.5 Å². The number of rotatable bonds is 5. The first-order valence-electron chi connectivity index (χ1n) is 7.27. The summed E-state index contributed by atoms with van der Waals surface area (Å²) in [6.45, 7) is 3.92. The number of esters is 2. The van der Waals surface area contributed by atoms with Crippen molar-refractivity contribution in [1.82, 2.24) is 0 Å². The summed E-state index contributed by atoms with van der Waals surface area (Å²) in [7, 11) is 2.43. The lowest BCUT2D eigenvalue weighted by molar-refractivity contribution is -0.138. The van der Waals surface area contributed by atoms with Crippen molar-refractivity contribution in [3.63, 3.8) is 0 Å². The van der Waals surface area contributed by atoms with Crippen LogP contribution in [-0.4, -0.2) is 26.2 Å². The minimum Gasteiger partial charge on any atom is -0.466 e. The first-order valence-corrected chi connectivity index (χ1v) is 7.65. The van der Waals surface area contributed by atoms with E-state index in [0.29, 0.717) is 16.3 Å². The second kappa shape index (κ2) is 7.40. The fraction of sp³-hybridized carbons (Fsp3) is 0.294. The number of carbonyl (C=O) groups is 2. The lowest BCUT2D eigenvalue weighted by Crippen LogP contribution is -2.15. The Morgan fingerprint density at radius 1 is 1.29 bits per heavy atom.